The Kier molecular flexibility index (Phi) is 6.20. The topological polar surface area (TPSA) is 65.0 Å². The van der Waals surface area contributed by atoms with Crippen LogP contribution in [0.3, 0.4) is 0 Å². The Labute approximate surface area is 172 Å². The van der Waals surface area contributed by atoms with E-state index in [-0.39, 0.29) is 6.03 Å². The molecule has 2 amide bonds. The fourth-order valence-electron chi connectivity index (χ4n) is 4.22. The van der Waals surface area contributed by atoms with Gasteiger partial charge in [0.25, 0.3) is 0 Å². The highest BCUT2D eigenvalue weighted by Gasteiger charge is 2.24. The molecule has 0 aliphatic carbocycles. The summed E-state index contributed by atoms with van der Waals surface area (Å²) in [7, 11) is 0. The molecule has 2 aliphatic rings. The number of nitrogens with one attached hydrogen (secondary N) is 1. The van der Waals surface area contributed by atoms with Gasteiger partial charge >= 0.3 is 6.03 Å². The second-order valence-electron chi connectivity index (χ2n) is 7.74. The number of likely N-dealkylation sites (tertiary alicyclic amines) is 1. The summed E-state index contributed by atoms with van der Waals surface area (Å²) in [5.41, 5.74) is 3.56. The first kappa shape index (κ1) is 19.6. The molecule has 4 rings (SSSR count). The minimum Gasteiger partial charge on any atom is -0.508 e. The molecule has 154 valence electrons. The van der Waals surface area contributed by atoms with Crippen LogP contribution >= 0.6 is 0 Å². The molecule has 2 heterocycles. The molecule has 2 saturated heterocycles. The highest BCUT2D eigenvalue weighted by molar-refractivity contribution is 5.74. The van der Waals surface area contributed by atoms with Crippen molar-refractivity contribution in [1.29, 1.82) is 0 Å². The van der Waals surface area contributed by atoms with Gasteiger partial charge in [0.15, 0.2) is 0 Å². The summed E-state index contributed by atoms with van der Waals surface area (Å²) >= 11 is 0. The van der Waals surface area contributed by atoms with Crippen LogP contribution in [0.2, 0.25) is 0 Å². The number of ether oxygens (including phenoxy) is 1. The Morgan fingerprint density at radius 1 is 1.00 bits per heavy atom. The number of carbonyl (C=O) groups is 1. The van der Waals surface area contributed by atoms with E-state index in [9.17, 15) is 9.90 Å². The Balaban J connectivity index is 1.30. The third kappa shape index (κ3) is 4.82. The lowest BCUT2D eigenvalue weighted by Gasteiger charge is -2.33. The maximum Gasteiger partial charge on any atom is 0.317 e. The van der Waals surface area contributed by atoms with Gasteiger partial charge in [0, 0.05) is 38.4 Å². The highest BCUT2D eigenvalue weighted by Crippen LogP contribution is 2.29. The van der Waals surface area contributed by atoms with Crippen LogP contribution in [0.4, 0.5) is 10.5 Å². The molecule has 2 aromatic carbocycles. The van der Waals surface area contributed by atoms with Gasteiger partial charge in [0.1, 0.15) is 5.75 Å². The molecular weight excluding hydrogens is 366 g/mol. The van der Waals surface area contributed by atoms with Crippen molar-refractivity contribution in [2.75, 3.05) is 44.3 Å². The summed E-state index contributed by atoms with van der Waals surface area (Å²) in [6.07, 6.45) is 1.89. The molecule has 29 heavy (non-hydrogen) atoms. The van der Waals surface area contributed by atoms with Crippen molar-refractivity contribution in [3.05, 3.63) is 59.7 Å². The number of anilines is 1. The number of morpholine rings is 1. The van der Waals surface area contributed by atoms with E-state index in [1.807, 2.05) is 29.2 Å². The van der Waals surface area contributed by atoms with Gasteiger partial charge in [-0.3, -0.25) is 0 Å². The minimum atomic E-state index is 0.00550. The van der Waals surface area contributed by atoms with Crippen LogP contribution in [0.1, 0.15) is 29.9 Å². The van der Waals surface area contributed by atoms with Gasteiger partial charge in [-0.2, -0.15) is 0 Å². The fourth-order valence-corrected chi connectivity index (χ4v) is 4.22. The number of benzene rings is 2. The molecule has 0 radical (unpaired) electrons. The summed E-state index contributed by atoms with van der Waals surface area (Å²) in [5, 5.41) is 12.6. The molecule has 0 saturated carbocycles. The van der Waals surface area contributed by atoms with Crippen LogP contribution in [0, 0.1) is 0 Å². The van der Waals surface area contributed by atoms with Crippen molar-refractivity contribution < 1.29 is 14.6 Å². The number of urea groups is 1. The third-order valence-corrected chi connectivity index (χ3v) is 5.92. The van der Waals surface area contributed by atoms with Gasteiger partial charge in [0.05, 0.1) is 13.2 Å². The summed E-state index contributed by atoms with van der Waals surface area (Å²) in [6.45, 7) is 5.30. The predicted molar refractivity (Wildman–Crippen MR) is 113 cm³/mol. The van der Waals surface area contributed by atoms with E-state index in [0.717, 1.165) is 57.8 Å². The van der Waals surface area contributed by atoms with Gasteiger partial charge in [0.2, 0.25) is 0 Å². The molecule has 2 aliphatic heterocycles. The number of nitrogens with zero attached hydrogens (tertiary/aromatic N) is 2. The second kappa shape index (κ2) is 9.18. The van der Waals surface area contributed by atoms with Crippen molar-refractivity contribution in [2.24, 2.45) is 0 Å². The minimum absolute atomic E-state index is 0.00550. The van der Waals surface area contributed by atoms with Crippen LogP contribution in [0.5, 0.6) is 5.75 Å². The summed E-state index contributed by atoms with van der Waals surface area (Å²) in [5.74, 6) is 0.740. The van der Waals surface area contributed by atoms with Gasteiger partial charge in [-0.25, -0.2) is 4.79 Å². The Bertz CT molecular complexity index is 810. The van der Waals surface area contributed by atoms with Crippen molar-refractivity contribution in [3.8, 4) is 5.75 Å². The van der Waals surface area contributed by atoms with E-state index in [4.69, 9.17) is 4.74 Å². The second-order valence-corrected chi connectivity index (χ2v) is 7.74. The zero-order valence-electron chi connectivity index (χ0n) is 16.7. The number of hydrogen-bond donors (Lipinski definition) is 2. The lowest BCUT2D eigenvalue weighted by atomic mass is 9.89. The number of hydrogen-bond acceptors (Lipinski definition) is 4. The van der Waals surface area contributed by atoms with Crippen molar-refractivity contribution in [3.63, 3.8) is 0 Å². The molecule has 0 spiro atoms. The van der Waals surface area contributed by atoms with E-state index >= 15 is 0 Å². The van der Waals surface area contributed by atoms with E-state index in [1.54, 1.807) is 12.1 Å². The Morgan fingerprint density at radius 3 is 2.41 bits per heavy atom. The van der Waals surface area contributed by atoms with Gasteiger partial charge in [-0.15, -0.1) is 0 Å². The quantitative estimate of drug-likeness (QED) is 0.834. The van der Waals surface area contributed by atoms with Crippen LogP contribution in [0.15, 0.2) is 48.5 Å². The number of carbonyl (C=O) groups excluding carboxylic acids is 1. The monoisotopic (exact) mass is 395 g/mol. The molecule has 0 aromatic heterocycles. The summed E-state index contributed by atoms with van der Waals surface area (Å²) in [6, 6.07) is 15.7. The van der Waals surface area contributed by atoms with Crippen molar-refractivity contribution in [2.45, 2.75) is 25.3 Å². The summed E-state index contributed by atoms with van der Waals surface area (Å²) < 4.78 is 5.45. The van der Waals surface area contributed by atoms with Crippen molar-refractivity contribution >= 4 is 11.7 Å². The van der Waals surface area contributed by atoms with Gasteiger partial charge < -0.3 is 25.0 Å². The Hall–Kier alpha value is -2.73. The molecule has 0 unspecified atom stereocenters. The molecule has 6 heteroatoms. The maximum atomic E-state index is 12.7. The highest BCUT2D eigenvalue weighted by atomic mass is 16.5. The lowest BCUT2D eigenvalue weighted by Crippen LogP contribution is -2.44. The van der Waals surface area contributed by atoms with Crippen LogP contribution in [0.25, 0.3) is 0 Å². The number of phenolic OH excluding ortho intramolecular Hbond substituents is 1. The smallest absolute Gasteiger partial charge is 0.317 e. The molecule has 2 N–H and O–H groups in total. The van der Waals surface area contributed by atoms with E-state index in [0.29, 0.717) is 18.2 Å². The SMILES string of the molecule is O=C(NCc1ccccc1N1CCOCC1)N1CCC(c2ccc(O)cc2)CC1. The van der Waals surface area contributed by atoms with Crippen molar-refractivity contribution in [1.82, 2.24) is 10.2 Å². The lowest BCUT2D eigenvalue weighted by molar-refractivity contribution is 0.122. The van der Waals surface area contributed by atoms with Crippen LogP contribution in [-0.4, -0.2) is 55.4 Å². The fraction of sp³-hybridized carbons (Fsp3) is 0.435. The van der Waals surface area contributed by atoms with E-state index < -0.39 is 0 Å². The van der Waals surface area contributed by atoms with Gasteiger partial charge in [-0.05, 0) is 48.1 Å². The molecule has 0 bridgehead atoms. The molecule has 0 atom stereocenters. The van der Waals surface area contributed by atoms with Gasteiger partial charge in [-0.1, -0.05) is 30.3 Å². The molecule has 6 nitrogen and oxygen atoms in total. The van der Waals surface area contributed by atoms with Crippen LogP contribution < -0.4 is 10.2 Å². The average molecular weight is 396 g/mol. The number of rotatable bonds is 4. The molecular formula is C23H29N3O3. The first-order valence-corrected chi connectivity index (χ1v) is 10.4. The Morgan fingerprint density at radius 2 is 1.69 bits per heavy atom. The molecule has 2 aromatic rings. The zero-order chi connectivity index (χ0) is 20.1. The average Bonchev–Trinajstić information content (AvgIpc) is 2.79. The number of amides is 2. The first-order chi connectivity index (χ1) is 14.2. The number of phenols is 1. The largest absolute Gasteiger partial charge is 0.508 e. The number of aromatic hydroxyl groups is 1. The number of para-hydroxylation sites is 1. The summed E-state index contributed by atoms with van der Waals surface area (Å²) in [4.78, 5) is 16.9. The zero-order valence-corrected chi connectivity index (χ0v) is 16.7. The standard InChI is InChI=1S/C23H29N3O3/c27-21-7-5-18(6-8-21)19-9-11-26(12-10-19)23(28)24-17-20-3-1-2-4-22(20)25-13-15-29-16-14-25/h1-8,19,27H,9-17H2,(H,24,28). The first-order valence-electron chi connectivity index (χ1n) is 10.4. The predicted octanol–water partition coefficient (Wildman–Crippen LogP) is 3.32. The normalized spacial score (nSPS) is 17.9. The van der Waals surface area contributed by atoms with Crippen LogP contribution in [-0.2, 0) is 11.3 Å². The molecule has 2 fully saturated rings. The number of piperidine rings is 1. The third-order valence-electron chi connectivity index (χ3n) is 5.92. The van der Waals surface area contributed by atoms with E-state index in [2.05, 4.69) is 22.3 Å². The maximum absolute atomic E-state index is 12.7. The van der Waals surface area contributed by atoms with E-state index in [1.165, 1.54) is 11.3 Å².